The van der Waals surface area contributed by atoms with Crippen molar-refractivity contribution in [2.75, 3.05) is 20.8 Å². The van der Waals surface area contributed by atoms with E-state index < -0.39 is 36.0 Å². The third-order valence-corrected chi connectivity index (χ3v) is 5.85. The van der Waals surface area contributed by atoms with Gasteiger partial charge >= 0.3 is 17.9 Å². The lowest BCUT2D eigenvalue weighted by molar-refractivity contribution is -0.145. The second-order valence-electron chi connectivity index (χ2n) is 10.5. The van der Waals surface area contributed by atoms with Crippen LogP contribution in [-0.2, 0) is 41.5 Å². The minimum Gasteiger partial charge on any atom is -0.481 e. The predicted molar refractivity (Wildman–Crippen MR) is 152 cm³/mol. The van der Waals surface area contributed by atoms with Gasteiger partial charge in [-0.25, -0.2) is 4.79 Å². The number of nitrogens with two attached hydrogens (primary N) is 1. The summed E-state index contributed by atoms with van der Waals surface area (Å²) in [5.74, 6) is -2.56. The lowest BCUT2D eigenvalue weighted by atomic mass is 9.92. The van der Waals surface area contributed by atoms with E-state index in [4.69, 9.17) is 15.6 Å². The zero-order chi connectivity index (χ0) is 30.1. The number of hydrogen-bond donors (Lipinski definition) is 4. The van der Waals surface area contributed by atoms with Crippen molar-refractivity contribution >= 4 is 23.8 Å². The summed E-state index contributed by atoms with van der Waals surface area (Å²) in [7, 11) is 2.59. The van der Waals surface area contributed by atoms with Gasteiger partial charge in [-0.2, -0.15) is 0 Å². The first-order valence-corrected chi connectivity index (χ1v) is 13.1. The molecule has 5 N–H and O–H groups in total. The number of carbonyl (C=O) groups is 4. The maximum absolute atomic E-state index is 12.6. The third kappa shape index (κ3) is 14.4. The Morgan fingerprint density at radius 1 is 0.825 bits per heavy atom. The summed E-state index contributed by atoms with van der Waals surface area (Å²) >= 11 is 0. The molecule has 0 aliphatic carbocycles. The first-order chi connectivity index (χ1) is 18.9. The van der Waals surface area contributed by atoms with E-state index in [0.29, 0.717) is 13.0 Å². The van der Waals surface area contributed by atoms with E-state index in [2.05, 4.69) is 36.1 Å². The number of nitrogens with one attached hydrogen (secondary N) is 2. The topological polar surface area (TPSA) is 157 Å². The molecule has 10 heteroatoms. The summed E-state index contributed by atoms with van der Waals surface area (Å²) in [5, 5.41) is 14.7. The Balaban J connectivity index is 0.000000512. The highest BCUT2D eigenvalue weighted by Gasteiger charge is 2.28. The molecule has 0 unspecified atom stereocenters. The maximum Gasteiger partial charge on any atom is 0.328 e. The van der Waals surface area contributed by atoms with Gasteiger partial charge in [0.1, 0.15) is 12.1 Å². The molecule has 0 aliphatic rings. The van der Waals surface area contributed by atoms with Gasteiger partial charge in [0.2, 0.25) is 5.91 Å². The fourth-order valence-electron chi connectivity index (χ4n) is 3.61. The molecule has 2 rings (SSSR count). The SMILES string of the molecule is COC(=O)[C@@H](N)Cc1ccccc1.COC(=O)[C@H](Cc1ccccc1)NC(=O)[C@H](CC(=O)O)NCCC(C)(C)C. The standard InChI is InChI=1S/C20H30N2O5.C10H13NO2/c1-20(2,3)10-11-21-15(13-17(23)24)18(25)22-16(19(26)27-4)12-14-8-6-5-7-9-14;1-13-10(12)9(11)7-8-5-3-2-4-6-8/h5-9,15-16,21H,10-13H2,1-4H3,(H,22,25)(H,23,24);2-6,9H,7,11H2,1H3/t15-,16-;9-/m00/s1. The second-order valence-corrected chi connectivity index (χ2v) is 10.5. The number of methoxy groups -OCH3 is 2. The molecular formula is C30H43N3O7. The summed E-state index contributed by atoms with van der Waals surface area (Å²) in [4.78, 5) is 46.8. The van der Waals surface area contributed by atoms with Crippen LogP contribution in [0.3, 0.4) is 0 Å². The average molecular weight is 558 g/mol. The molecule has 10 nitrogen and oxygen atoms in total. The quantitative estimate of drug-likeness (QED) is 0.272. The van der Waals surface area contributed by atoms with Crippen LogP contribution in [0.25, 0.3) is 0 Å². The van der Waals surface area contributed by atoms with Crippen LogP contribution < -0.4 is 16.4 Å². The molecule has 0 saturated heterocycles. The lowest BCUT2D eigenvalue weighted by Gasteiger charge is -2.23. The highest BCUT2D eigenvalue weighted by atomic mass is 16.5. The normalized spacial score (nSPS) is 13.1. The molecule has 0 bridgehead atoms. The Bertz CT molecular complexity index is 1060. The summed E-state index contributed by atoms with van der Waals surface area (Å²) in [6.45, 7) is 6.69. The molecule has 0 spiro atoms. The van der Waals surface area contributed by atoms with Gasteiger partial charge in [-0.15, -0.1) is 0 Å². The van der Waals surface area contributed by atoms with Crippen molar-refractivity contribution in [3.63, 3.8) is 0 Å². The number of ether oxygens (including phenoxy) is 2. The van der Waals surface area contributed by atoms with Crippen molar-refractivity contribution in [3.8, 4) is 0 Å². The number of esters is 2. The number of amides is 1. The molecule has 0 saturated carbocycles. The van der Waals surface area contributed by atoms with Crippen LogP contribution in [0.5, 0.6) is 0 Å². The van der Waals surface area contributed by atoms with Crippen LogP contribution in [0.2, 0.25) is 0 Å². The second kappa shape index (κ2) is 17.8. The highest BCUT2D eigenvalue weighted by Crippen LogP contribution is 2.17. The van der Waals surface area contributed by atoms with Crippen LogP contribution in [0.4, 0.5) is 0 Å². The summed E-state index contributed by atoms with van der Waals surface area (Å²) in [6.07, 6.45) is 1.20. The van der Waals surface area contributed by atoms with Crippen LogP contribution in [0.1, 0.15) is 44.7 Å². The van der Waals surface area contributed by atoms with Gasteiger partial charge in [-0.3, -0.25) is 14.4 Å². The summed E-state index contributed by atoms with van der Waals surface area (Å²) < 4.78 is 9.30. The van der Waals surface area contributed by atoms with Crippen molar-refractivity contribution in [2.24, 2.45) is 11.1 Å². The predicted octanol–water partition coefficient (Wildman–Crippen LogP) is 2.49. The van der Waals surface area contributed by atoms with E-state index in [9.17, 15) is 19.2 Å². The van der Waals surface area contributed by atoms with Crippen molar-refractivity contribution in [1.29, 1.82) is 0 Å². The maximum atomic E-state index is 12.6. The lowest BCUT2D eigenvalue weighted by Crippen LogP contribution is -2.52. The van der Waals surface area contributed by atoms with E-state index in [-0.39, 0.29) is 24.2 Å². The number of carbonyl (C=O) groups excluding carboxylic acids is 3. The third-order valence-electron chi connectivity index (χ3n) is 5.85. The van der Waals surface area contributed by atoms with E-state index in [1.807, 2.05) is 60.7 Å². The molecule has 3 atom stereocenters. The van der Waals surface area contributed by atoms with Crippen molar-refractivity contribution in [2.45, 2.75) is 64.6 Å². The largest absolute Gasteiger partial charge is 0.481 e. The van der Waals surface area contributed by atoms with Gasteiger partial charge in [-0.1, -0.05) is 81.4 Å². The Labute approximate surface area is 236 Å². The summed E-state index contributed by atoms with van der Waals surface area (Å²) in [6, 6.07) is 16.5. The van der Waals surface area contributed by atoms with E-state index in [0.717, 1.165) is 17.5 Å². The highest BCUT2D eigenvalue weighted by molar-refractivity contribution is 5.90. The van der Waals surface area contributed by atoms with Crippen molar-refractivity contribution in [1.82, 2.24) is 10.6 Å². The van der Waals surface area contributed by atoms with Gasteiger partial charge in [0.25, 0.3) is 0 Å². The van der Waals surface area contributed by atoms with Crippen LogP contribution in [0, 0.1) is 5.41 Å². The van der Waals surface area contributed by atoms with Crippen LogP contribution in [0.15, 0.2) is 60.7 Å². The van der Waals surface area contributed by atoms with Gasteiger partial charge < -0.3 is 30.9 Å². The molecule has 1 amide bonds. The number of carboxylic acid groups (broad SMARTS) is 1. The number of rotatable bonds is 13. The Kier molecular flexibility index (Phi) is 15.2. The fraction of sp³-hybridized carbons (Fsp3) is 0.467. The monoisotopic (exact) mass is 557 g/mol. The van der Waals surface area contributed by atoms with Crippen molar-refractivity contribution < 1.29 is 33.8 Å². The molecule has 2 aromatic carbocycles. The van der Waals surface area contributed by atoms with E-state index in [1.54, 1.807) is 0 Å². The number of hydrogen-bond acceptors (Lipinski definition) is 8. The molecule has 2 aromatic rings. The van der Waals surface area contributed by atoms with Crippen LogP contribution in [-0.4, -0.2) is 67.8 Å². The van der Waals surface area contributed by atoms with Crippen LogP contribution >= 0.6 is 0 Å². The molecule has 0 fully saturated rings. The smallest absolute Gasteiger partial charge is 0.328 e. The fourth-order valence-corrected chi connectivity index (χ4v) is 3.61. The molecular weight excluding hydrogens is 514 g/mol. The van der Waals surface area contributed by atoms with E-state index in [1.165, 1.54) is 14.2 Å². The first kappa shape index (κ1) is 34.3. The Hall–Kier alpha value is -3.76. The number of carboxylic acids is 1. The van der Waals surface area contributed by atoms with Gasteiger partial charge in [0.05, 0.1) is 26.7 Å². The molecule has 220 valence electrons. The van der Waals surface area contributed by atoms with Crippen molar-refractivity contribution in [3.05, 3.63) is 71.8 Å². The average Bonchev–Trinajstić information content (AvgIpc) is 2.91. The molecule has 0 radical (unpaired) electrons. The first-order valence-electron chi connectivity index (χ1n) is 13.1. The van der Waals surface area contributed by atoms with Gasteiger partial charge in [0.15, 0.2) is 0 Å². The Morgan fingerprint density at radius 3 is 1.77 bits per heavy atom. The minimum atomic E-state index is -1.09. The Morgan fingerprint density at radius 2 is 1.32 bits per heavy atom. The zero-order valence-electron chi connectivity index (χ0n) is 24.0. The van der Waals surface area contributed by atoms with Gasteiger partial charge in [0, 0.05) is 6.42 Å². The molecule has 40 heavy (non-hydrogen) atoms. The molecule has 0 aromatic heterocycles. The zero-order valence-corrected chi connectivity index (χ0v) is 24.0. The van der Waals surface area contributed by atoms with E-state index >= 15 is 0 Å². The molecule has 0 heterocycles. The minimum absolute atomic E-state index is 0.0547. The number of benzene rings is 2. The molecule has 0 aliphatic heterocycles. The summed E-state index contributed by atoms with van der Waals surface area (Å²) in [5.41, 5.74) is 7.55. The number of aliphatic carboxylic acids is 1. The van der Waals surface area contributed by atoms with Gasteiger partial charge in [-0.05, 0) is 35.9 Å².